The molecule has 4 nitrogen and oxygen atoms in total. The number of hydrogen-bond donors (Lipinski definition) is 0. The van der Waals surface area contributed by atoms with Gasteiger partial charge in [0.05, 0.1) is 4.92 Å². The average molecular weight is 170 g/mol. The number of rotatable bonds is 1. The zero-order valence-electron chi connectivity index (χ0n) is 6.24. The Bertz CT molecular complexity index is 261. The molecule has 0 aliphatic carbocycles. The third-order valence-electron chi connectivity index (χ3n) is 0.923. The second-order valence-corrected chi connectivity index (χ2v) is 1.60. The second-order valence-electron chi connectivity index (χ2n) is 1.60. The van der Waals surface area contributed by atoms with Crippen LogP contribution < -0.4 is 0 Å². The second kappa shape index (κ2) is 4.95. The topological polar surface area (TPSA) is 56.0 Å². The first-order valence-electron chi connectivity index (χ1n) is 2.96. The van der Waals surface area contributed by atoms with Gasteiger partial charge < -0.3 is 0 Å². The fourth-order valence-electron chi connectivity index (χ4n) is 0.476. The Balaban J connectivity index is 0.000000561. The van der Waals surface area contributed by atoms with Crippen LogP contribution in [0.15, 0.2) is 31.5 Å². The van der Waals surface area contributed by atoms with E-state index in [0.717, 1.165) is 18.3 Å². The van der Waals surface area contributed by atoms with Crippen molar-refractivity contribution in [2.24, 2.45) is 0 Å². The van der Waals surface area contributed by atoms with Crippen molar-refractivity contribution in [2.75, 3.05) is 0 Å². The van der Waals surface area contributed by atoms with E-state index in [2.05, 4.69) is 18.1 Å². The lowest BCUT2D eigenvalue weighted by Crippen LogP contribution is -1.89. The van der Waals surface area contributed by atoms with Gasteiger partial charge in [-0.3, -0.25) is 10.1 Å². The van der Waals surface area contributed by atoms with Gasteiger partial charge in [-0.25, -0.2) is 4.98 Å². The molecule has 12 heavy (non-hydrogen) atoms. The highest BCUT2D eigenvalue weighted by Crippen LogP contribution is 2.06. The van der Waals surface area contributed by atoms with Crippen molar-refractivity contribution in [1.29, 1.82) is 0 Å². The summed E-state index contributed by atoms with van der Waals surface area (Å²) in [6.45, 7) is 6.00. The van der Waals surface area contributed by atoms with Crippen molar-refractivity contribution in [1.82, 2.24) is 4.98 Å². The fraction of sp³-hybridized carbons (Fsp3) is 0. The van der Waals surface area contributed by atoms with Crippen molar-refractivity contribution in [3.8, 4) is 0 Å². The molecule has 0 saturated carbocycles. The molecule has 1 rings (SSSR count). The molecule has 5 heteroatoms. The lowest BCUT2D eigenvalue weighted by Gasteiger charge is -1.87. The van der Waals surface area contributed by atoms with Crippen LogP contribution in [0.4, 0.5) is 10.1 Å². The predicted octanol–water partition coefficient (Wildman–Crippen LogP) is 1.93. The molecular weight excluding hydrogens is 163 g/mol. The number of nitro groups is 1. The van der Waals surface area contributed by atoms with Gasteiger partial charge in [0.2, 0.25) is 5.95 Å². The number of hydrogen-bond acceptors (Lipinski definition) is 3. The zero-order chi connectivity index (χ0) is 9.56. The Hall–Kier alpha value is -1.78. The molecule has 64 valence electrons. The Morgan fingerprint density at radius 3 is 2.42 bits per heavy atom. The molecule has 1 aromatic heterocycles. The van der Waals surface area contributed by atoms with Gasteiger partial charge in [-0.1, -0.05) is 0 Å². The summed E-state index contributed by atoms with van der Waals surface area (Å²) < 4.78 is 12.0. The molecular formula is C7H7FN2O2. The molecule has 1 heterocycles. The van der Waals surface area contributed by atoms with Crippen LogP contribution in [0.3, 0.4) is 0 Å². The largest absolute Gasteiger partial charge is 0.287 e. The summed E-state index contributed by atoms with van der Waals surface area (Å²) in [4.78, 5) is 12.4. The third-order valence-corrected chi connectivity index (χ3v) is 0.923. The highest BCUT2D eigenvalue weighted by molar-refractivity contribution is 5.23. The summed E-state index contributed by atoms with van der Waals surface area (Å²) in [5.41, 5.74) is -0.207. The molecule has 0 atom stereocenters. The first-order chi connectivity index (χ1) is 5.70. The molecule has 0 spiro atoms. The molecule has 0 radical (unpaired) electrons. The molecule has 0 unspecified atom stereocenters. The molecule has 1 aromatic rings. The minimum atomic E-state index is -0.717. The van der Waals surface area contributed by atoms with E-state index in [-0.39, 0.29) is 5.69 Å². The van der Waals surface area contributed by atoms with Crippen LogP contribution in [0, 0.1) is 16.1 Å². The van der Waals surface area contributed by atoms with Crippen molar-refractivity contribution in [2.45, 2.75) is 0 Å². The maximum atomic E-state index is 12.0. The molecule has 0 N–H and O–H groups in total. The van der Waals surface area contributed by atoms with Crippen molar-refractivity contribution in [3.63, 3.8) is 0 Å². The van der Waals surface area contributed by atoms with E-state index >= 15 is 0 Å². The molecule has 0 fully saturated rings. The Morgan fingerprint density at radius 2 is 2.08 bits per heavy atom. The lowest BCUT2D eigenvalue weighted by atomic mass is 10.4. The van der Waals surface area contributed by atoms with Gasteiger partial charge in [-0.15, -0.1) is 13.2 Å². The van der Waals surface area contributed by atoms with Gasteiger partial charge >= 0.3 is 0 Å². The van der Waals surface area contributed by atoms with E-state index < -0.39 is 10.9 Å². The fourth-order valence-corrected chi connectivity index (χ4v) is 0.476. The molecule has 0 bridgehead atoms. The summed E-state index contributed by atoms with van der Waals surface area (Å²) in [5.74, 6) is -0.717. The normalized spacial score (nSPS) is 8.08. The Kier molecular flexibility index (Phi) is 4.21. The number of aromatic nitrogens is 1. The van der Waals surface area contributed by atoms with Crippen LogP contribution in [-0.2, 0) is 0 Å². The summed E-state index contributed by atoms with van der Waals surface area (Å²) in [5, 5.41) is 9.96. The Labute approximate surface area is 68.5 Å². The molecule has 0 aliphatic rings. The van der Waals surface area contributed by atoms with Gasteiger partial charge in [0.25, 0.3) is 5.69 Å². The zero-order valence-corrected chi connectivity index (χ0v) is 6.24. The summed E-state index contributed by atoms with van der Waals surface area (Å²) in [7, 11) is 0. The first kappa shape index (κ1) is 10.2. The van der Waals surface area contributed by atoms with Crippen LogP contribution >= 0.6 is 0 Å². The summed E-state index contributed by atoms with van der Waals surface area (Å²) in [6.07, 6.45) is 0.870. The van der Waals surface area contributed by atoms with E-state index in [4.69, 9.17) is 0 Å². The van der Waals surface area contributed by atoms with E-state index in [9.17, 15) is 14.5 Å². The lowest BCUT2D eigenvalue weighted by molar-refractivity contribution is -0.385. The maximum Gasteiger partial charge on any atom is 0.287 e. The number of pyridine rings is 1. The van der Waals surface area contributed by atoms with E-state index in [1.54, 1.807) is 0 Å². The maximum absolute atomic E-state index is 12.0. The highest BCUT2D eigenvalue weighted by Gasteiger charge is 2.03. The molecule has 0 aromatic carbocycles. The molecule has 0 saturated heterocycles. The van der Waals surface area contributed by atoms with Crippen molar-refractivity contribution in [3.05, 3.63) is 47.5 Å². The molecule has 0 amide bonds. The number of nitrogens with zero attached hydrogens (tertiary/aromatic N) is 2. The minimum Gasteiger partial charge on any atom is -0.258 e. The first-order valence-corrected chi connectivity index (χ1v) is 2.96. The minimum absolute atomic E-state index is 0.207. The third kappa shape index (κ3) is 2.87. The van der Waals surface area contributed by atoms with Crippen molar-refractivity contribution < 1.29 is 9.31 Å². The van der Waals surface area contributed by atoms with Gasteiger partial charge in [0.1, 0.15) is 6.20 Å². The molecule has 0 aliphatic heterocycles. The van der Waals surface area contributed by atoms with E-state index in [1.807, 2.05) is 0 Å². The van der Waals surface area contributed by atoms with Crippen LogP contribution in [-0.4, -0.2) is 9.91 Å². The van der Waals surface area contributed by atoms with Crippen LogP contribution in [0.1, 0.15) is 0 Å². The van der Waals surface area contributed by atoms with Gasteiger partial charge in [0.15, 0.2) is 0 Å². The smallest absolute Gasteiger partial charge is 0.258 e. The van der Waals surface area contributed by atoms with E-state index in [1.165, 1.54) is 0 Å². The van der Waals surface area contributed by atoms with Crippen LogP contribution in [0.2, 0.25) is 0 Å². The van der Waals surface area contributed by atoms with Crippen molar-refractivity contribution >= 4 is 5.69 Å². The van der Waals surface area contributed by atoms with Crippen LogP contribution in [0.25, 0.3) is 0 Å². The highest BCUT2D eigenvalue weighted by atomic mass is 19.1. The Morgan fingerprint density at radius 1 is 1.50 bits per heavy atom. The monoisotopic (exact) mass is 170 g/mol. The summed E-state index contributed by atoms with van der Waals surface area (Å²) in [6, 6.07) is 2.00. The predicted molar refractivity (Wildman–Crippen MR) is 42.1 cm³/mol. The summed E-state index contributed by atoms with van der Waals surface area (Å²) >= 11 is 0. The van der Waals surface area contributed by atoms with Gasteiger partial charge in [-0.05, 0) is 6.07 Å². The van der Waals surface area contributed by atoms with Gasteiger partial charge in [-0.2, -0.15) is 4.39 Å². The quantitative estimate of drug-likeness (QED) is 0.280. The standard InChI is InChI=1S/C5H3FN2O2.C2H4/c6-5-2-1-4(3-7-5)8(9)10;1-2/h1-3H;1-2H2. The van der Waals surface area contributed by atoms with Crippen LogP contribution in [0.5, 0.6) is 0 Å². The SMILES string of the molecule is C=C.O=[N+]([O-])c1ccc(F)nc1. The van der Waals surface area contributed by atoms with Gasteiger partial charge in [0, 0.05) is 6.07 Å². The number of halogens is 1. The van der Waals surface area contributed by atoms with E-state index in [0.29, 0.717) is 0 Å². The average Bonchev–Trinajstić information content (AvgIpc) is 2.09.